The fraction of sp³-hybridized carbons (Fsp3) is 0.462. The summed E-state index contributed by atoms with van der Waals surface area (Å²) in [6.07, 6.45) is 3.28. The average molecular weight is 298 g/mol. The summed E-state index contributed by atoms with van der Waals surface area (Å²) in [5.74, 6) is -0.772. The lowest BCUT2D eigenvalue weighted by Crippen LogP contribution is -2.39. The summed E-state index contributed by atoms with van der Waals surface area (Å²) in [6, 6.07) is 0.862. The molecule has 1 atom stereocenters. The lowest BCUT2D eigenvalue weighted by Gasteiger charge is -2.21. The van der Waals surface area contributed by atoms with Crippen LogP contribution in [-0.2, 0) is 4.79 Å². The van der Waals surface area contributed by atoms with Crippen molar-refractivity contribution in [3.8, 4) is 0 Å². The van der Waals surface area contributed by atoms with E-state index in [4.69, 9.17) is 16.7 Å². The van der Waals surface area contributed by atoms with E-state index in [0.717, 1.165) is 25.9 Å². The lowest BCUT2D eigenvalue weighted by atomic mass is 10.2. The highest BCUT2D eigenvalue weighted by Gasteiger charge is 2.24. The average Bonchev–Trinajstić information content (AvgIpc) is 2.93. The van der Waals surface area contributed by atoms with Crippen molar-refractivity contribution in [1.29, 1.82) is 0 Å². The standard InChI is InChI=1S/C13H16ClN3O3/c1-8(12(18)17-4-2-3-5-17)16-11-10(14)6-9(7-15-11)13(19)20/h6-8H,2-5H2,1H3,(H,15,16)(H,19,20). The Morgan fingerprint density at radius 2 is 2.10 bits per heavy atom. The number of aromatic nitrogens is 1. The summed E-state index contributed by atoms with van der Waals surface area (Å²) >= 11 is 5.97. The van der Waals surface area contributed by atoms with E-state index >= 15 is 0 Å². The van der Waals surface area contributed by atoms with Crippen molar-refractivity contribution >= 4 is 29.3 Å². The van der Waals surface area contributed by atoms with Gasteiger partial charge >= 0.3 is 5.97 Å². The highest BCUT2D eigenvalue weighted by atomic mass is 35.5. The van der Waals surface area contributed by atoms with E-state index in [1.54, 1.807) is 11.8 Å². The van der Waals surface area contributed by atoms with Crippen molar-refractivity contribution < 1.29 is 14.7 Å². The van der Waals surface area contributed by atoms with Crippen LogP contribution in [0.5, 0.6) is 0 Å². The Bertz CT molecular complexity index is 530. The molecule has 1 aromatic heterocycles. The maximum Gasteiger partial charge on any atom is 0.337 e. The topological polar surface area (TPSA) is 82.5 Å². The maximum atomic E-state index is 12.1. The van der Waals surface area contributed by atoms with Crippen LogP contribution in [0, 0.1) is 0 Å². The van der Waals surface area contributed by atoms with Gasteiger partial charge in [0, 0.05) is 19.3 Å². The molecule has 2 rings (SSSR count). The van der Waals surface area contributed by atoms with Crippen LogP contribution >= 0.6 is 11.6 Å². The summed E-state index contributed by atoms with van der Waals surface area (Å²) in [7, 11) is 0. The fourth-order valence-corrected chi connectivity index (χ4v) is 2.36. The normalized spacial score (nSPS) is 16.0. The van der Waals surface area contributed by atoms with Crippen molar-refractivity contribution in [2.45, 2.75) is 25.8 Å². The number of likely N-dealkylation sites (tertiary alicyclic amines) is 1. The van der Waals surface area contributed by atoms with E-state index in [1.807, 2.05) is 0 Å². The first-order valence-corrected chi connectivity index (χ1v) is 6.81. The molecule has 1 amide bonds. The van der Waals surface area contributed by atoms with Gasteiger partial charge in [0.15, 0.2) is 0 Å². The van der Waals surface area contributed by atoms with Crippen LogP contribution in [0.2, 0.25) is 5.02 Å². The van der Waals surface area contributed by atoms with Crippen molar-refractivity contribution in [3.05, 3.63) is 22.8 Å². The van der Waals surface area contributed by atoms with Gasteiger partial charge in [0.05, 0.1) is 10.6 Å². The zero-order valence-electron chi connectivity index (χ0n) is 11.1. The first-order chi connectivity index (χ1) is 9.49. The number of rotatable bonds is 4. The first kappa shape index (κ1) is 14.6. The Morgan fingerprint density at radius 1 is 1.45 bits per heavy atom. The molecule has 1 fully saturated rings. The molecule has 1 saturated heterocycles. The molecular formula is C13H16ClN3O3. The molecule has 0 aromatic carbocycles. The molecule has 1 aliphatic heterocycles. The van der Waals surface area contributed by atoms with E-state index < -0.39 is 12.0 Å². The molecule has 0 saturated carbocycles. The van der Waals surface area contributed by atoms with E-state index in [9.17, 15) is 9.59 Å². The SMILES string of the molecule is CC(Nc1ncc(C(=O)O)cc1Cl)C(=O)N1CCCC1. The Kier molecular flexibility index (Phi) is 4.44. The van der Waals surface area contributed by atoms with Gasteiger partial charge in [-0.15, -0.1) is 0 Å². The largest absolute Gasteiger partial charge is 0.478 e. The Balaban J connectivity index is 2.05. The van der Waals surface area contributed by atoms with Crippen molar-refractivity contribution in [2.75, 3.05) is 18.4 Å². The second kappa shape index (κ2) is 6.09. The lowest BCUT2D eigenvalue weighted by molar-refractivity contribution is -0.130. The number of pyridine rings is 1. The molecule has 2 heterocycles. The molecular weight excluding hydrogens is 282 g/mol. The number of hydrogen-bond acceptors (Lipinski definition) is 4. The first-order valence-electron chi connectivity index (χ1n) is 6.43. The zero-order valence-corrected chi connectivity index (χ0v) is 11.9. The number of nitrogens with zero attached hydrogens (tertiary/aromatic N) is 2. The predicted octanol–water partition coefficient (Wildman–Crippen LogP) is 1.86. The number of carbonyl (C=O) groups is 2. The van der Waals surface area contributed by atoms with Gasteiger partial charge < -0.3 is 15.3 Å². The molecule has 108 valence electrons. The van der Waals surface area contributed by atoms with Gasteiger partial charge in [-0.25, -0.2) is 9.78 Å². The zero-order chi connectivity index (χ0) is 14.7. The minimum absolute atomic E-state index is 0.00248. The second-order valence-electron chi connectivity index (χ2n) is 4.76. The van der Waals surface area contributed by atoms with Crippen LogP contribution in [0.1, 0.15) is 30.1 Å². The van der Waals surface area contributed by atoms with Crippen molar-refractivity contribution in [2.24, 2.45) is 0 Å². The summed E-state index contributed by atoms with van der Waals surface area (Å²) in [6.45, 7) is 3.30. The van der Waals surface area contributed by atoms with Gasteiger partial charge in [-0.2, -0.15) is 0 Å². The van der Waals surface area contributed by atoms with Gasteiger partial charge in [0.1, 0.15) is 11.9 Å². The monoisotopic (exact) mass is 297 g/mol. The van der Waals surface area contributed by atoms with Gasteiger partial charge in [0.2, 0.25) is 5.91 Å². The van der Waals surface area contributed by atoms with Gasteiger partial charge in [-0.1, -0.05) is 11.6 Å². The number of aromatic carboxylic acids is 1. The third-order valence-electron chi connectivity index (χ3n) is 3.23. The quantitative estimate of drug-likeness (QED) is 0.886. The van der Waals surface area contributed by atoms with Crippen LogP contribution in [0.4, 0.5) is 5.82 Å². The van der Waals surface area contributed by atoms with Gasteiger partial charge in [-0.05, 0) is 25.8 Å². The van der Waals surface area contributed by atoms with Crippen molar-refractivity contribution in [1.82, 2.24) is 9.88 Å². The predicted molar refractivity (Wildman–Crippen MR) is 75.1 cm³/mol. The van der Waals surface area contributed by atoms with Crippen LogP contribution in [0.15, 0.2) is 12.3 Å². The fourth-order valence-electron chi connectivity index (χ4n) is 2.14. The molecule has 7 heteroatoms. The number of carbonyl (C=O) groups excluding carboxylic acids is 1. The number of halogens is 1. The number of amides is 1. The van der Waals surface area contributed by atoms with E-state index in [0.29, 0.717) is 5.82 Å². The number of anilines is 1. The van der Waals surface area contributed by atoms with Crippen LogP contribution in [-0.4, -0.2) is 46.0 Å². The van der Waals surface area contributed by atoms with Crippen LogP contribution in [0.3, 0.4) is 0 Å². The molecule has 1 aliphatic rings. The Morgan fingerprint density at radius 3 is 2.65 bits per heavy atom. The summed E-state index contributed by atoms with van der Waals surface area (Å²) in [5.41, 5.74) is 0.0130. The summed E-state index contributed by atoms with van der Waals surface area (Å²) < 4.78 is 0. The highest BCUT2D eigenvalue weighted by Crippen LogP contribution is 2.21. The van der Waals surface area contributed by atoms with E-state index in [2.05, 4.69) is 10.3 Å². The molecule has 0 spiro atoms. The molecule has 1 aromatic rings. The maximum absolute atomic E-state index is 12.1. The third kappa shape index (κ3) is 3.19. The number of hydrogen-bond donors (Lipinski definition) is 2. The molecule has 1 unspecified atom stereocenters. The number of carboxylic acids is 1. The number of nitrogens with one attached hydrogen (secondary N) is 1. The van der Waals surface area contributed by atoms with Gasteiger partial charge in [0.25, 0.3) is 0 Å². The molecule has 6 nitrogen and oxygen atoms in total. The van der Waals surface area contributed by atoms with Crippen molar-refractivity contribution in [3.63, 3.8) is 0 Å². The molecule has 0 bridgehead atoms. The van der Waals surface area contributed by atoms with Crippen LogP contribution < -0.4 is 5.32 Å². The highest BCUT2D eigenvalue weighted by molar-refractivity contribution is 6.33. The molecule has 0 radical (unpaired) electrons. The van der Waals surface area contributed by atoms with E-state index in [-0.39, 0.29) is 16.5 Å². The summed E-state index contributed by atoms with van der Waals surface area (Å²) in [4.78, 5) is 28.7. The minimum Gasteiger partial charge on any atom is -0.478 e. The molecule has 20 heavy (non-hydrogen) atoms. The second-order valence-corrected chi connectivity index (χ2v) is 5.17. The van der Waals surface area contributed by atoms with E-state index in [1.165, 1.54) is 12.3 Å². The third-order valence-corrected chi connectivity index (χ3v) is 3.52. The molecule has 0 aliphatic carbocycles. The minimum atomic E-state index is -1.09. The summed E-state index contributed by atoms with van der Waals surface area (Å²) in [5, 5.41) is 11.9. The Labute approximate surface area is 121 Å². The Hall–Kier alpha value is -1.82. The molecule has 2 N–H and O–H groups in total. The number of carboxylic acid groups (broad SMARTS) is 1. The van der Waals surface area contributed by atoms with Gasteiger partial charge in [-0.3, -0.25) is 4.79 Å². The smallest absolute Gasteiger partial charge is 0.337 e. The van der Waals surface area contributed by atoms with Crippen LogP contribution in [0.25, 0.3) is 0 Å².